The van der Waals surface area contributed by atoms with Gasteiger partial charge in [0.25, 0.3) is 0 Å². The average Bonchev–Trinajstić information content (AvgIpc) is 2.51. The fourth-order valence-corrected chi connectivity index (χ4v) is 3.24. The van der Waals surface area contributed by atoms with Crippen LogP contribution >= 0.6 is 0 Å². The summed E-state index contributed by atoms with van der Waals surface area (Å²) in [6.45, 7) is 0. The Balaban J connectivity index is 2.11. The molecule has 1 fully saturated rings. The molecule has 0 aromatic heterocycles. The molecule has 0 spiro atoms. The van der Waals surface area contributed by atoms with Crippen LogP contribution in [0, 0.1) is 5.82 Å². The van der Waals surface area contributed by atoms with E-state index in [9.17, 15) is 12.8 Å². The van der Waals surface area contributed by atoms with Crippen LogP contribution in [0.25, 0.3) is 0 Å². The average molecular weight is 245 g/mol. The van der Waals surface area contributed by atoms with E-state index in [1.165, 1.54) is 12.1 Å². The molecule has 0 radical (unpaired) electrons. The molecule has 4 nitrogen and oxygen atoms in total. The van der Waals surface area contributed by atoms with Gasteiger partial charge in [-0.05, 0) is 18.6 Å². The molecule has 6 heteroatoms. The maximum absolute atomic E-state index is 13.3. The molecule has 2 N–H and O–H groups in total. The van der Waals surface area contributed by atoms with Gasteiger partial charge in [0.1, 0.15) is 6.10 Å². The van der Waals surface area contributed by atoms with Crippen LogP contribution in [-0.2, 0) is 9.84 Å². The number of anilines is 1. The molecule has 1 aromatic rings. The lowest BCUT2D eigenvalue weighted by Gasteiger charge is -2.12. The molecule has 1 saturated heterocycles. The van der Waals surface area contributed by atoms with Crippen molar-refractivity contribution >= 4 is 15.5 Å². The first-order valence-electron chi connectivity index (χ1n) is 4.88. The van der Waals surface area contributed by atoms with E-state index in [1.54, 1.807) is 0 Å². The molecule has 1 heterocycles. The Hall–Kier alpha value is -1.30. The monoisotopic (exact) mass is 245 g/mol. The Morgan fingerprint density at radius 2 is 2.19 bits per heavy atom. The van der Waals surface area contributed by atoms with Crippen molar-refractivity contribution in [1.29, 1.82) is 0 Å². The van der Waals surface area contributed by atoms with Crippen molar-refractivity contribution < 1.29 is 17.5 Å². The molecule has 1 aliphatic rings. The van der Waals surface area contributed by atoms with Crippen LogP contribution in [0.1, 0.15) is 6.42 Å². The van der Waals surface area contributed by atoms with Crippen LogP contribution in [0.3, 0.4) is 0 Å². The predicted octanol–water partition coefficient (Wildman–Crippen LogP) is 0.974. The third-order valence-corrected chi connectivity index (χ3v) is 4.18. The van der Waals surface area contributed by atoms with Crippen molar-refractivity contribution in [3.8, 4) is 5.75 Å². The molecular formula is C10H12FNO3S. The van der Waals surface area contributed by atoms with Gasteiger partial charge < -0.3 is 10.5 Å². The predicted molar refractivity (Wildman–Crippen MR) is 58.5 cm³/mol. The fraction of sp³-hybridized carbons (Fsp3) is 0.400. The van der Waals surface area contributed by atoms with E-state index in [0.29, 0.717) is 12.1 Å². The van der Waals surface area contributed by atoms with E-state index >= 15 is 0 Å². The van der Waals surface area contributed by atoms with Crippen LogP contribution in [0.15, 0.2) is 18.2 Å². The maximum Gasteiger partial charge on any atom is 0.167 e. The second-order valence-corrected chi connectivity index (χ2v) is 6.06. The third-order valence-electron chi connectivity index (χ3n) is 2.44. The number of nitrogen functional groups attached to an aromatic ring is 1. The molecule has 0 amide bonds. The van der Waals surface area contributed by atoms with Gasteiger partial charge >= 0.3 is 0 Å². The highest BCUT2D eigenvalue weighted by Crippen LogP contribution is 2.24. The van der Waals surface area contributed by atoms with Crippen molar-refractivity contribution in [1.82, 2.24) is 0 Å². The molecule has 0 bridgehead atoms. The Bertz CT molecular complexity index is 501. The second kappa shape index (κ2) is 3.93. The minimum absolute atomic E-state index is 0.0448. The highest BCUT2D eigenvalue weighted by atomic mass is 32.2. The van der Waals surface area contributed by atoms with Gasteiger partial charge in [-0.25, -0.2) is 12.8 Å². The Labute approximate surface area is 93.1 Å². The first-order chi connectivity index (χ1) is 7.46. The topological polar surface area (TPSA) is 69.4 Å². The van der Waals surface area contributed by atoms with Crippen molar-refractivity contribution in [2.45, 2.75) is 12.5 Å². The summed E-state index contributed by atoms with van der Waals surface area (Å²) < 4.78 is 41.0. The molecule has 1 atom stereocenters. The minimum atomic E-state index is -3.01. The molecule has 1 aromatic carbocycles. The van der Waals surface area contributed by atoms with Crippen molar-refractivity contribution in [2.24, 2.45) is 0 Å². The Morgan fingerprint density at radius 3 is 2.75 bits per heavy atom. The lowest BCUT2D eigenvalue weighted by molar-refractivity contribution is 0.218. The fourth-order valence-electron chi connectivity index (χ4n) is 1.65. The van der Waals surface area contributed by atoms with Crippen LogP contribution in [0.5, 0.6) is 5.75 Å². The van der Waals surface area contributed by atoms with E-state index in [0.717, 1.165) is 6.07 Å². The smallest absolute Gasteiger partial charge is 0.167 e. The van der Waals surface area contributed by atoms with E-state index < -0.39 is 21.8 Å². The molecule has 16 heavy (non-hydrogen) atoms. The lowest BCUT2D eigenvalue weighted by Crippen LogP contribution is -2.18. The first-order valence-corrected chi connectivity index (χ1v) is 6.70. The summed E-state index contributed by atoms with van der Waals surface area (Å²) >= 11 is 0. The van der Waals surface area contributed by atoms with Gasteiger partial charge in [0, 0.05) is 11.8 Å². The number of rotatable bonds is 2. The van der Waals surface area contributed by atoms with Crippen LogP contribution in [0.2, 0.25) is 0 Å². The van der Waals surface area contributed by atoms with E-state index in [2.05, 4.69) is 0 Å². The highest BCUT2D eigenvalue weighted by molar-refractivity contribution is 7.91. The molecular weight excluding hydrogens is 233 g/mol. The van der Waals surface area contributed by atoms with Gasteiger partial charge in [-0.1, -0.05) is 0 Å². The summed E-state index contributed by atoms with van der Waals surface area (Å²) in [7, 11) is -3.01. The highest BCUT2D eigenvalue weighted by Gasteiger charge is 2.29. The number of hydrogen-bond acceptors (Lipinski definition) is 4. The number of benzene rings is 1. The summed E-state index contributed by atoms with van der Waals surface area (Å²) in [5, 5.41) is 0. The molecule has 2 rings (SSSR count). The standard InChI is InChI=1S/C10H12FNO3S/c11-9-5-7(12)1-2-10(9)15-8-3-4-16(13,14)6-8/h1-2,5,8H,3-4,6,12H2. The van der Waals surface area contributed by atoms with Gasteiger partial charge in [-0.15, -0.1) is 0 Å². The van der Waals surface area contributed by atoms with Crippen molar-refractivity contribution in [3.63, 3.8) is 0 Å². The number of nitrogens with two attached hydrogens (primary N) is 1. The van der Waals surface area contributed by atoms with Gasteiger partial charge in [0.15, 0.2) is 21.4 Å². The normalized spacial score (nSPS) is 23.2. The Kier molecular flexibility index (Phi) is 2.75. The quantitative estimate of drug-likeness (QED) is 0.788. The summed E-state index contributed by atoms with van der Waals surface area (Å²) in [6.07, 6.45) is -0.0466. The molecule has 88 valence electrons. The van der Waals surface area contributed by atoms with E-state index in [4.69, 9.17) is 10.5 Å². The second-order valence-electron chi connectivity index (χ2n) is 3.83. The van der Waals surface area contributed by atoms with E-state index in [-0.39, 0.29) is 17.3 Å². The van der Waals surface area contributed by atoms with Crippen LogP contribution in [0.4, 0.5) is 10.1 Å². The number of halogens is 1. The zero-order valence-corrected chi connectivity index (χ0v) is 9.34. The van der Waals surface area contributed by atoms with Crippen molar-refractivity contribution in [3.05, 3.63) is 24.0 Å². The summed E-state index contributed by atoms with van der Waals surface area (Å²) in [5.41, 5.74) is 5.70. The van der Waals surface area contributed by atoms with E-state index in [1.807, 2.05) is 0 Å². The summed E-state index contributed by atoms with van der Waals surface area (Å²) in [4.78, 5) is 0. The summed E-state index contributed by atoms with van der Waals surface area (Å²) in [5.74, 6) is -0.453. The summed E-state index contributed by atoms with van der Waals surface area (Å²) in [6, 6.07) is 4.08. The zero-order valence-electron chi connectivity index (χ0n) is 8.52. The van der Waals surface area contributed by atoms with Crippen LogP contribution in [-0.4, -0.2) is 26.0 Å². The molecule has 0 saturated carbocycles. The number of ether oxygens (including phenoxy) is 1. The SMILES string of the molecule is Nc1ccc(OC2CCS(=O)(=O)C2)c(F)c1. The minimum Gasteiger partial charge on any atom is -0.486 e. The third kappa shape index (κ3) is 2.44. The number of sulfone groups is 1. The maximum atomic E-state index is 13.3. The van der Waals surface area contributed by atoms with Crippen molar-refractivity contribution in [2.75, 3.05) is 17.2 Å². The molecule has 1 aliphatic heterocycles. The largest absolute Gasteiger partial charge is 0.486 e. The first kappa shape index (κ1) is 11.2. The zero-order chi connectivity index (χ0) is 11.8. The van der Waals surface area contributed by atoms with Crippen LogP contribution < -0.4 is 10.5 Å². The van der Waals surface area contributed by atoms with Gasteiger partial charge in [0.2, 0.25) is 0 Å². The number of hydrogen-bond donors (Lipinski definition) is 1. The molecule has 1 unspecified atom stereocenters. The Morgan fingerprint density at radius 1 is 1.44 bits per heavy atom. The lowest BCUT2D eigenvalue weighted by atomic mass is 10.3. The van der Waals surface area contributed by atoms with Gasteiger partial charge in [-0.3, -0.25) is 0 Å². The molecule has 0 aliphatic carbocycles. The van der Waals surface area contributed by atoms with Gasteiger partial charge in [-0.2, -0.15) is 0 Å². The van der Waals surface area contributed by atoms with Gasteiger partial charge in [0.05, 0.1) is 11.5 Å².